The van der Waals surface area contributed by atoms with Crippen LogP contribution >= 0.6 is 0 Å². The van der Waals surface area contributed by atoms with Crippen LogP contribution in [-0.2, 0) is 19.9 Å². The SMILES string of the molecule is Cc1nc(CCN)n(C)c1CC(C)C. The summed E-state index contributed by atoms with van der Waals surface area (Å²) in [5.74, 6) is 1.79. The summed E-state index contributed by atoms with van der Waals surface area (Å²) in [7, 11) is 2.09. The lowest BCUT2D eigenvalue weighted by atomic mass is 10.1. The fourth-order valence-electron chi connectivity index (χ4n) is 1.76. The number of aromatic nitrogens is 2. The lowest BCUT2D eigenvalue weighted by Crippen LogP contribution is -2.10. The van der Waals surface area contributed by atoms with E-state index < -0.39 is 0 Å². The molecule has 0 atom stereocenters. The number of hydrogen-bond donors (Lipinski definition) is 1. The summed E-state index contributed by atoms with van der Waals surface area (Å²) in [5, 5.41) is 0. The van der Waals surface area contributed by atoms with Gasteiger partial charge < -0.3 is 10.3 Å². The van der Waals surface area contributed by atoms with Gasteiger partial charge in [-0.15, -0.1) is 0 Å². The van der Waals surface area contributed by atoms with Crippen LogP contribution in [0.5, 0.6) is 0 Å². The summed E-state index contributed by atoms with van der Waals surface area (Å²) in [6.45, 7) is 7.22. The van der Waals surface area contributed by atoms with Gasteiger partial charge in [-0.2, -0.15) is 0 Å². The third-order valence-electron chi connectivity index (χ3n) is 2.48. The molecule has 0 unspecified atom stereocenters. The Bertz CT molecular complexity index is 300. The highest BCUT2D eigenvalue weighted by Gasteiger charge is 2.11. The number of imidazole rings is 1. The molecule has 3 nitrogen and oxygen atoms in total. The highest BCUT2D eigenvalue weighted by atomic mass is 15.1. The molecule has 0 saturated heterocycles. The number of rotatable bonds is 4. The molecule has 0 fully saturated rings. The molecular formula is C11H21N3. The van der Waals surface area contributed by atoms with Crippen molar-refractivity contribution >= 4 is 0 Å². The second kappa shape index (κ2) is 4.60. The Kier molecular flexibility index (Phi) is 3.69. The fourth-order valence-corrected chi connectivity index (χ4v) is 1.76. The molecule has 14 heavy (non-hydrogen) atoms. The van der Waals surface area contributed by atoms with Crippen LogP contribution < -0.4 is 5.73 Å². The Morgan fingerprint density at radius 1 is 1.43 bits per heavy atom. The van der Waals surface area contributed by atoms with Gasteiger partial charge in [0.15, 0.2) is 0 Å². The molecule has 0 saturated carbocycles. The van der Waals surface area contributed by atoms with Crippen molar-refractivity contribution < 1.29 is 0 Å². The second-order valence-corrected chi connectivity index (χ2v) is 4.26. The third-order valence-corrected chi connectivity index (χ3v) is 2.48. The van der Waals surface area contributed by atoms with E-state index in [2.05, 4.69) is 37.4 Å². The zero-order valence-electron chi connectivity index (χ0n) is 9.67. The van der Waals surface area contributed by atoms with Crippen LogP contribution in [0.1, 0.15) is 31.1 Å². The van der Waals surface area contributed by atoms with Crippen molar-refractivity contribution in [3.8, 4) is 0 Å². The molecule has 1 aromatic heterocycles. The van der Waals surface area contributed by atoms with Gasteiger partial charge >= 0.3 is 0 Å². The van der Waals surface area contributed by atoms with Crippen LogP contribution in [0.15, 0.2) is 0 Å². The van der Waals surface area contributed by atoms with E-state index >= 15 is 0 Å². The van der Waals surface area contributed by atoms with E-state index in [1.54, 1.807) is 0 Å². The van der Waals surface area contributed by atoms with Gasteiger partial charge in [0.05, 0.1) is 5.69 Å². The monoisotopic (exact) mass is 195 g/mol. The van der Waals surface area contributed by atoms with E-state index in [1.807, 2.05) is 0 Å². The molecule has 1 aromatic rings. The van der Waals surface area contributed by atoms with Gasteiger partial charge in [0.1, 0.15) is 5.82 Å². The first-order chi connectivity index (χ1) is 6.56. The van der Waals surface area contributed by atoms with Crippen molar-refractivity contribution in [1.82, 2.24) is 9.55 Å². The van der Waals surface area contributed by atoms with E-state index in [0.717, 1.165) is 24.4 Å². The second-order valence-electron chi connectivity index (χ2n) is 4.26. The quantitative estimate of drug-likeness (QED) is 0.790. The predicted octanol–water partition coefficient (Wildman–Crippen LogP) is 1.43. The molecule has 0 bridgehead atoms. The molecule has 0 aliphatic rings. The predicted molar refractivity (Wildman–Crippen MR) is 59.2 cm³/mol. The van der Waals surface area contributed by atoms with Crippen LogP contribution in [0.4, 0.5) is 0 Å². The molecule has 2 N–H and O–H groups in total. The van der Waals surface area contributed by atoms with Gasteiger partial charge in [0.25, 0.3) is 0 Å². The fraction of sp³-hybridized carbons (Fsp3) is 0.727. The van der Waals surface area contributed by atoms with Gasteiger partial charge in [-0.3, -0.25) is 0 Å². The molecule has 0 amide bonds. The Balaban J connectivity index is 2.92. The summed E-state index contributed by atoms with van der Waals surface area (Å²) in [5.41, 5.74) is 8.04. The van der Waals surface area contributed by atoms with Crippen molar-refractivity contribution in [1.29, 1.82) is 0 Å². The first-order valence-electron chi connectivity index (χ1n) is 5.27. The largest absolute Gasteiger partial charge is 0.335 e. The lowest BCUT2D eigenvalue weighted by molar-refractivity contribution is 0.607. The minimum Gasteiger partial charge on any atom is -0.335 e. The molecule has 0 radical (unpaired) electrons. The van der Waals surface area contributed by atoms with Crippen molar-refractivity contribution in [2.45, 2.75) is 33.6 Å². The van der Waals surface area contributed by atoms with E-state index in [-0.39, 0.29) is 0 Å². The smallest absolute Gasteiger partial charge is 0.110 e. The van der Waals surface area contributed by atoms with Crippen molar-refractivity contribution in [3.05, 3.63) is 17.2 Å². The van der Waals surface area contributed by atoms with Gasteiger partial charge in [-0.1, -0.05) is 13.8 Å². The zero-order chi connectivity index (χ0) is 10.7. The average Bonchev–Trinajstić information content (AvgIpc) is 2.33. The third kappa shape index (κ3) is 2.35. The Morgan fingerprint density at radius 3 is 2.57 bits per heavy atom. The molecule has 0 aromatic carbocycles. The van der Waals surface area contributed by atoms with Crippen LogP contribution in [0.25, 0.3) is 0 Å². The van der Waals surface area contributed by atoms with E-state index in [1.165, 1.54) is 5.69 Å². The average molecular weight is 195 g/mol. The van der Waals surface area contributed by atoms with Gasteiger partial charge in [-0.25, -0.2) is 4.98 Å². The van der Waals surface area contributed by atoms with Gasteiger partial charge in [-0.05, 0) is 25.8 Å². The van der Waals surface area contributed by atoms with Crippen molar-refractivity contribution in [3.63, 3.8) is 0 Å². The molecular weight excluding hydrogens is 174 g/mol. The van der Waals surface area contributed by atoms with Crippen LogP contribution in [0.2, 0.25) is 0 Å². The minimum atomic E-state index is 0.672. The highest BCUT2D eigenvalue weighted by Crippen LogP contribution is 2.14. The van der Waals surface area contributed by atoms with Gasteiger partial charge in [0, 0.05) is 19.2 Å². The minimum absolute atomic E-state index is 0.672. The van der Waals surface area contributed by atoms with Crippen molar-refractivity contribution in [2.24, 2.45) is 18.7 Å². The molecule has 0 aliphatic carbocycles. The maximum Gasteiger partial charge on any atom is 0.110 e. The highest BCUT2D eigenvalue weighted by molar-refractivity contribution is 5.16. The van der Waals surface area contributed by atoms with E-state index in [0.29, 0.717) is 12.5 Å². The Hall–Kier alpha value is -0.830. The number of nitrogens with two attached hydrogens (primary N) is 1. The van der Waals surface area contributed by atoms with Gasteiger partial charge in [0.2, 0.25) is 0 Å². The summed E-state index contributed by atoms with van der Waals surface area (Å²) in [6.07, 6.45) is 1.97. The number of hydrogen-bond acceptors (Lipinski definition) is 2. The summed E-state index contributed by atoms with van der Waals surface area (Å²) in [4.78, 5) is 4.54. The first-order valence-corrected chi connectivity index (χ1v) is 5.27. The normalized spacial score (nSPS) is 11.3. The molecule has 1 heterocycles. The Labute approximate surface area is 86.3 Å². The number of aryl methyl sites for hydroxylation is 1. The van der Waals surface area contributed by atoms with E-state index in [4.69, 9.17) is 5.73 Å². The first kappa shape index (κ1) is 11.2. The lowest BCUT2D eigenvalue weighted by Gasteiger charge is -2.08. The maximum atomic E-state index is 5.54. The van der Waals surface area contributed by atoms with E-state index in [9.17, 15) is 0 Å². The summed E-state index contributed by atoms with van der Waals surface area (Å²) < 4.78 is 2.20. The topological polar surface area (TPSA) is 43.8 Å². The van der Waals surface area contributed by atoms with Crippen molar-refractivity contribution in [2.75, 3.05) is 6.54 Å². The zero-order valence-corrected chi connectivity index (χ0v) is 9.67. The van der Waals surface area contributed by atoms with Crippen LogP contribution in [-0.4, -0.2) is 16.1 Å². The molecule has 3 heteroatoms. The standard InChI is InChI=1S/C11H21N3/c1-8(2)7-10-9(3)13-11(5-6-12)14(10)4/h8H,5-7,12H2,1-4H3. The summed E-state index contributed by atoms with van der Waals surface area (Å²) >= 11 is 0. The number of nitrogens with zero attached hydrogens (tertiary/aromatic N) is 2. The van der Waals surface area contributed by atoms with Crippen LogP contribution in [0, 0.1) is 12.8 Å². The molecule has 80 valence electrons. The molecule has 0 spiro atoms. The Morgan fingerprint density at radius 2 is 2.07 bits per heavy atom. The van der Waals surface area contributed by atoms with Crippen LogP contribution in [0.3, 0.4) is 0 Å². The molecule has 0 aliphatic heterocycles. The molecule has 1 rings (SSSR count). The summed E-state index contributed by atoms with van der Waals surface area (Å²) in [6, 6.07) is 0. The maximum absolute atomic E-state index is 5.54.